The van der Waals surface area contributed by atoms with E-state index in [1.54, 1.807) is 6.07 Å². The number of nitrogens with zero attached hydrogens (tertiary/aromatic N) is 1. The molecule has 1 heterocycles. The lowest BCUT2D eigenvalue weighted by Gasteiger charge is -2.42. The highest BCUT2D eigenvalue weighted by Gasteiger charge is 2.53. The molecule has 124 valence electrons. The van der Waals surface area contributed by atoms with Crippen molar-refractivity contribution in [2.75, 3.05) is 13.2 Å². The number of imide groups is 1. The van der Waals surface area contributed by atoms with Crippen LogP contribution in [0, 0.1) is 0 Å². The van der Waals surface area contributed by atoms with E-state index < -0.39 is 11.8 Å². The summed E-state index contributed by atoms with van der Waals surface area (Å²) in [6.45, 7) is 4.39. The first-order valence-corrected chi connectivity index (χ1v) is 8.36. The number of amides is 2. The van der Waals surface area contributed by atoms with Gasteiger partial charge in [-0.3, -0.25) is 9.59 Å². The molecule has 0 radical (unpaired) electrons. The van der Waals surface area contributed by atoms with Gasteiger partial charge in [0.15, 0.2) is 0 Å². The minimum Gasteiger partial charge on any atom is -0.335 e. The maximum atomic E-state index is 13.3. The molecule has 2 aliphatic rings. The van der Waals surface area contributed by atoms with Crippen molar-refractivity contribution in [3.05, 3.63) is 35.4 Å². The van der Waals surface area contributed by atoms with Gasteiger partial charge in [-0.15, -0.1) is 0 Å². The van der Waals surface area contributed by atoms with Gasteiger partial charge in [-0.2, -0.15) is 0 Å². The van der Waals surface area contributed by atoms with Crippen LogP contribution < -0.4 is 0 Å². The first kappa shape index (κ1) is 16.1. The van der Waals surface area contributed by atoms with Crippen LogP contribution in [-0.2, 0) is 19.7 Å². The van der Waals surface area contributed by atoms with Crippen LogP contribution in [0.15, 0.2) is 24.3 Å². The second-order valence-electron chi connectivity index (χ2n) is 6.03. The van der Waals surface area contributed by atoms with E-state index in [-0.39, 0.29) is 11.8 Å². The standard InChI is InChI=1S/C18H23NO4/c1-3-22-17(23-4-2)19-15(20)13-9-5-6-10-14(13)18(16(19)21)11-7-8-12-18/h5-6,9-10,17H,3-4,7-8,11-12H2,1-2H3. The Hall–Kier alpha value is -1.72. The molecule has 0 aromatic heterocycles. The van der Waals surface area contributed by atoms with Crippen LogP contribution in [0.1, 0.15) is 55.5 Å². The number of carbonyl (C=O) groups excluding carboxylic acids is 2. The number of hydrogen-bond acceptors (Lipinski definition) is 4. The van der Waals surface area contributed by atoms with Crippen molar-refractivity contribution >= 4 is 11.8 Å². The van der Waals surface area contributed by atoms with Gasteiger partial charge in [-0.25, -0.2) is 4.90 Å². The van der Waals surface area contributed by atoms with Crippen molar-refractivity contribution in [3.8, 4) is 0 Å². The molecule has 1 saturated carbocycles. The topological polar surface area (TPSA) is 55.8 Å². The minimum atomic E-state index is -0.948. The molecule has 2 amide bonds. The van der Waals surface area contributed by atoms with E-state index in [1.165, 1.54) is 4.90 Å². The highest BCUT2D eigenvalue weighted by molar-refractivity contribution is 6.13. The summed E-state index contributed by atoms with van der Waals surface area (Å²) in [4.78, 5) is 27.4. The normalized spacial score (nSPS) is 19.7. The lowest BCUT2D eigenvalue weighted by atomic mass is 9.73. The molecule has 0 unspecified atom stereocenters. The van der Waals surface area contributed by atoms with Crippen LogP contribution in [0.4, 0.5) is 0 Å². The second-order valence-corrected chi connectivity index (χ2v) is 6.03. The predicted octanol–water partition coefficient (Wildman–Crippen LogP) is 2.84. The van der Waals surface area contributed by atoms with E-state index in [0.29, 0.717) is 18.8 Å². The van der Waals surface area contributed by atoms with Crippen LogP contribution >= 0.6 is 0 Å². The van der Waals surface area contributed by atoms with E-state index in [0.717, 1.165) is 31.2 Å². The molecule has 0 bridgehead atoms. The van der Waals surface area contributed by atoms with Crippen LogP contribution in [0.3, 0.4) is 0 Å². The monoisotopic (exact) mass is 317 g/mol. The molecule has 5 heteroatoms. The molecule has 1 aromatic rings. The molecule has 1 aliphatic heterocycles. The first-order chi connectivity index (χ1) is 11.2. The molecule has 0 N–H and O–H groups in total. The molecule has 1 fully saturated rings. The summed E-state index contributed by atoms with van der Waals surface area (Å²) >= 11 is 0. The number of fused-ring (bicyclic) bond motifs is 2. The Morgan fingerprint density at radius 1 is 1.09 bits per heavy atom. The van der Waals surface area contributed by atoms with Gasteiger partial charge in [0, 0.05) is 18.8 Å². The van der Waals surface area contributed by atoms with Gasteiger partial charge >= 0.3 is 0 Å². The Balaban J connectivity index is 2.09. The minimum absolute atomic E-state index is 0.175. The molecule has 0 saturated heterocycles. The van der Waals surface area contributed by atoms with Crippen molar-refractivity contribution in [1.29, 1.82) is 0 Å². The largest absolute Gasteiger partial charge is 0.335 e. The zero-order valence-corrected chi connectivity index (χ0v) is 13.7. The van der Waals surface area contributed by atoms with Crippen molar-refractivity contribution in [2.45, 2.75) is 51.4 Å². The lowest BCUT2D eigenvalue weighted by molar-refractivity contribution is -0.210. The second kappa shape index (κ2) is 6.42. The Labute approximate surface area is 136 Å². The van der Waals surface area contributed by atoms with Crippen molar-refractivity contribution in [1.82, 2.24) is 4.90 Å². The SMILES string of the molecule is CCOC(OCC)N1C(=O)c2ccccc2C2(CCCC2)C1=O. The highest BCUT2D eigenvalue weighted by Crippen LogP contribution is 2.47. The summed E-state index contributed by atoms with van der Waals surface area (Å²) in [6, 6.07) is 7.46. The quantitative estimate of drug-likeness (QED) is 0.619. The number of carbonyl (C=O) groups is 2. The van der Waals surface area contributed by atoms with Gasteiger partial charge in [0.1, 0.15) is 0 Å². The highest BCUT2D eigenvalue weighted by atomic mass is 16.7. The molecule has 0 atom stereocenters. The molecule has 1 spiro atoms. The third kappa shape index (κ3) is 2.48. The fourth-order valence-electron chi connectivity index (χ4n) is 3.79. The molecular weight excluding hydrogens is 294 g/mol. The molecular formula is C18H23NO4. The summed E-state index contributed by atoms with van der Waals surface area (Å²) < 4.78 is 11.1. The van der Waals surface area contributed by atoms with E-state index in [1.807, 2.05) is 32.0 Å². The third-order valence-electron chi connectivity index (χ3n) is 4.81. The maximum absolute atomic E-state index is 13.3. The van der Waals surface area contributed by atoms with Gasteiger partial charge in [-0.05, 0) is 38.3 Å². The fourth-order valence-corrected chi connectivity index (χ4v) is 3.79. The molecule has 23 heavy (non-hydrogen) atoms. The average molecular weight is 317 g/mol. The van der Waals surface area contributed by atoms with Gasteiger partial charge in [-0.1, -0.05) is 31.0 Å². The van der Waals surface area contributed by atoms with E-state index >= 15 is 0 Å². The van der Waals surface area contributed by atoms with Crippen LogP contribution in [0.2, 0.25) is 0 Å². The van der Waals surface area contributed by atoms with E-state index in [9.17, 15) is 9.59 Å². The number of benzene rings is 1. The van der Waals surface area contributed by atoms with Crippen molar-refractivity contribution in [2.24, 2.45) is 0 Å². The van der Waals surface area contributed by atoms with Gasteiger partial charge in [0.05, 0.1) is 5.41 Å². The number of rotatable bonds is 5. The summed E-state index contributed by atoms with van der Waals surface area (Å²) in [5.41, 5.74) is 0.866. The molecule has 5 nitrogen and oxygen atoms in total. The van der Waals surface area contributed by atoms with E-state index in [2.05, 4.69) is 0 Å². The van der Waals surface area contributed by atoms with Crippen molar-refractivity contribution < 1.29 is 19.1 Å². The van der Waals surface area contributed by atoms with Crippen LogP contribution in [0.5, 0.6) is 0 Å². The first-order valence-electron chi connectivity index (χ1n) is 8.36. The van der Waals surface area contributed by atoms with Crippen molar-refractivity contribution in [3.63, 3.8) is 0 Å². The lowest BCUT2D eigenvalue weighted by Crippen LogP contribution is -2.58. The Kier molecular flexibility index (Phi) is 4.50. The molecule has 3 rings (SSSR count). The maximum Gasteiger partial charge on any atom is 0.264 e. The van der Waals surface area contributed by atoms with Gasteiger partial charge in [0.25, 0.3) is 5.91 Å². The fraction of sp³-hybridized carbons (Fsp3) is 0.556. The van der Waals surface area contributed by atoms with Gasteiger partial charge in [0.2, 0.25) is 12.3 Å². The predicted molar refractivity (Wildman–Crippen MR) is 84.8 cm³/mol. The van der Waals surface area contributed by atoms with Crippen LogP contribution in [0.25, 0.3) is 0 Å². The smallest absolute Gasteiger partial charge is 0.264 e. The molecule has 1 aliphatic carbocycles. The summed E-state index contributed by atoms with van der Waals surface area (Å²) in [7, 11) is 0. The summed E-state index contributed by atoms with van der Waals surface area (Å²) in [6.07, 6.45) is 2.59. The summed E-state index contributed by atoms with van der Waals surface area (Å²) in [5, 5.41) is 0. The van der Waals surface area contributed by atoms with Crippen LogP contribution in [-0.4, -0.2) is 36.3 Å². The summed E-state index contributed by atoms with van der Waals surface area (Å²) in [5.74, 6) is -0.499. The number of ether oxygens (including phenoxy) is 2. The van der Waals surface area contributed by atoms with Gasteiger partial charge < -0.3 is 9.47 Å². The number of hydrogen-bond donors (Lipinski definition) is 0. The average Bonchev–Trinajstić information content (AvgIpc) is 3.05. The van der Waals surface area contributed by atoms with E-state index in [4.69, 9.17) is 9.47 Å². The zero-order chi connectivity index (χ0) is 16.4. The zero-order valence-electron chi connectivity index (χ0n) is 13.7. The molecule has 1 aromatic carbocycles. The Morgan fingerprint density at radius 3 is 2.30 bits per heavy atom. The Bertz CT molecular complexity index is 601. The third-order valence-corrected chi connectivity index (χ3v) is 4.81. The Morgan fingerprint density at radius 2 is 1.70 bits per heavy atom.